The Kier molecular flexibility index (Phi) is 4.87. The minimum absolute atomic E-state index is 0. The lowest BCUT2D eigenvalue weighted by Crippen LogP contribution is -2.46. The number of anilines is 1. The Morgan fingerprint density at radius 3 is 2.64 bits per heavy atom. The Morgan fingerprint density at radius 1 is 1.28 bits per heavy atom. The SMILES string of the molecule is CNS(=O)(=O)c1ccc2c(c1)N(C(=O)C1C3CCC(C3)C1N)CC2.Cl. The van der Waals surface area contributed by atoms with Crippen LogP contribution >= 0.6 is 12.4 Å². The molecule has 25 heavy (non-hydrogen) atoms. The summed E-state index contributed by atoms with van der Waals surface area (Å²) in [6.45, 7) is 0.609. The second-order valence-corrected chi connectivity index (χ2v) is 9.06. The summed E-state index contributed by atoms with van der Waals surface area (Å²) < 4.78 is 26.4. The van der Waals surface area contributed by atoms with Crippen LogP contribution in [0.4, 0.5) is 5.69 Å². The first kappa shape index (κ1) is 18.6. The smallest absolute Gasteiger partial charge is 0.240 e. The van der Waals surface area contributed by atoms with Crippen molar-refractivity contribution in [2.45, 2.75) is 36.6 Å². The highest BCUT2D eigenvalue weighted by Gasteiger charge is 2.50. The molecule has 0 aromatic heterocycles. The molecule has 1 aromatic rings. The summed E-state index contributed by atoms with van der Waals surface area (Å²) in [4.78, 5) is 15.1. The van der Waals surface area contributed by atoms with Crippen LogP contribution in [0.2, 0.25) is 0 Å². The maximum Gasteiger partial charge on any atom is 0.240 e. The van der Waals surface area contributed by atoms with E-state index in [0.29, 0.717) is 18.4 Å². The molecule has 3 aliphatic rings. The average molecular weight is 386 g/mol. The minimum Gasteiger partial charge on any atom is -0.327 e. The van der Waals surface area contributed by atoms with Crippen LogP contribution in [0.15, 0.2) is 23.1 Å². The van der Waals surface area contributed by atoms with E-state index in [1.165, 1.54) is 7.05 Å². The number of rotatable bonds is 3. The van der Waals surface area contributed by atoms with Gasteiger partial charge in [-0.05, 0) is 62.3 Å². The van der Waals surface area contributed by atoms with Gasteiger partial charge in [0.05, 0.1) is 10.8 Å². The van der Waals surface area contributed by atoms with Crippen LogP contribution in [-0.2, 0) is 21.2 Å². The van der Waals surface area contributed by atoms with Gasteiger partial charge in [-0.1, -0.05) is 6.07 Å². The van der Waals surface area contributed by atoms with Crippen molar-refractivity contribution in [1.29, 1.82) is 0 Å². The highest BCUT2D eigenvalue weighted by Crippen LogP contribution is 2.49. The molecule has 1 aliphatic heterocycles. The fraction of sp³-hybridized carbons (Fsp3) is 0.588. The molecule has 2 aliphatic carbocycles. The summed E-state index contributed by atoms with van der Waals surface area (Å²) in [6, 6.07) is 4.98. The second-order valence-electron chi connectivity index (χ2n) is 7.17. The average Bonchev–Trinajstić information content (AvgIpc) is 3.27. The number of hydrogen-bond acceptors (Lipinski definition) is 4. The number of benzene rings is 1. The van der Waals surface area contributed by atoms with Gasteiger partial charge in [-0.3, -0.25) is 4.79 Å². The Balaban J connectivity index is 0.00000182. The van der Waals surface area contributed by atoms with E-state index >= 15 is 0 Å². The van der Waals surface area contributed by atoms with Crippen molar-refractivity contribution in [1.82, 2.24) is 4.72 Å². The topological polar surface area (TPSA) is 92.5 Å². The normalized spacial score (nSPS) is 30.2. The summed E-state index contributed by atoms with van der Waals surface area (Å²) in [5, 5.41) is 0. The molecular weight excluding hydrogens is 362 g/mol. The number of carbonyl (C=O) groups excluding carboxylic acids is 1. The third-order valence-electron chi connectivity index (χ3n) is 6.06. The number of nitrogens with two attached hydrogens (primary N) is 1. The van der Waals surface area contributed by atoms with Crippen molar-refractivity contribution in [2.75, 3.05) is 18.5 Å². The highest BCUT2D eigenvalue weighted by molar-refractivity contribution is 7.89. The third kappa shape index (κ3) is 2.87. The molecular formula is C17H24ClN3O3S. The monoisotopic (exact) mass is 385 g/mol. The molecule has 2 saturated carbocycles. The van der Waals surface area contributed by atoms with Crippen molar-refractivity contribution >= 4 is 34.0 Å². The lowest BCUT2D eigenvalue weighted by atomic mass is 9.84. The Bertz CT molecular complexity index is 796. The molecule has 138 valence electrons. The molecule has 0 spiro atoms. The third-order valence-corrected chi connectivity index (χ3v) is 7.48. The van der Waals surface area contributed by atoms with Crippen molar-refractivity contribution in [3.05, 3.63) is 23.8 Å². The number of fused-ring (bicyclic) bond motifs is 3. The first-order valence-corrected chi connectivity index (χ1v) is 10.0. The van der Waals surface area contributed by atoms with E-state index in [0.717, 1.165) is 36.9 Å². The van der Waals surface area contributed by atoms with E-state index in [1.807, 2.05) is 6.07 Å². The number of hydrogen-bond donors (Lipinski definition) is 2. The molecule has 3 N–H and O–H groups in total. The van der Waals surface area contributed by atoms with Crippen molar-refractivity contribution < 1.29 is 13.2 Å². The van der Waals surface area contributed by atoms with E-state index in [4.69, 9.17) is 5.73 Å². The van der Waals surface area contributed by atoms with Gasteiger partial charge >= 0.3 is 0 Å². The van der Waals surface area contributed by atoms with Gasteiger partial charge in [-0.25, -0.2) is 13.1 Å². The van der Waals surface area contributed by atoms with Crippen LogP contribution in [0, 0.1) is 17.8 Å². The van der Waals surface area contributed by atoms with Crippen molar-refractivity contribution in [3.8, 4) is 0 Å². The Morgan fingerprint density at radius 2 is 2.00 bits per heavy atom. The quantitative estimate of drug-likeness (QED) is 0.819. The van der Waals surface area contributed by atoms with Crippen molar-refractivity contribution in [3.63, 3.8) is 0 Å². The van der Waals surface area contributed by atoms with Gasteiger partial charge in [0.2, 0.25) is 15.9 Å². The number of nitrogens with zero attached hydrogens (tertiary/aromatic N) is 1. The predicted molar refractivity (Wildman–Crippen MR) is 98.3 cm³/mol. The van der Waals surface area contributed by atoms with Crippen molar-refractivity contribution in [2.24, 2.45) is 23.5 Å². The van der Waals surface area contributed by atoms with Gasteiger partial charge < -0.3 is 10.6 Å². The lowest BCUT2D eigenvalue weighted by Gasteiger charge is -2.31. The molecule has 4 unspecified atom stereocenters. The fourth-order valence-corrected chi connectivity index (χ4v) is 5.50. The summed E-state index contributed by atoms with van der Waals surface area (Å²) in [6.07, 6.45) is 4.05. The van der Waals surface area contributed by atoms with Gasteiger partial charge in [0.15, 0.2) is 0 Å². The highest BCUT2D eigenvalue weighted by atomic mass is 35.5. The van der Waals surface area contributed by atoms with E-state index in [-0.39, 0.29) is 35.2 Å². The van der Waals surface area contributed by atoms with E-state index in [2.05, 4.69) is 4.72 Å². The van der Waals surface area contributed by atoms with Gasteiger partial charge in [-0.15, -0.1) is 12.4 Å². The molecule has 2 fully saturated rings. The molecule has 8 heteroatoms. The van der Waals surface area contributed by atoms with Gasteiger partial charge in [0.1, 0.15) is 0 Å². The Labute approximate surface area is 154 Å². The zero-order chi connectivity index (χ0) is 17.1. The lowest BCUT2D eigenvalue weighted by molar-refractivity contribution is -0.124. The standard InChI is InChI=1S/C17H23N3O3S.ClH/c1-19-24(22,23)13-5-4-10-6-7-20(14(10)9-13)17(21)15-11-2-3-12(8-11)16(15)18;/h4-5,9,11-12,15-16,19H,2-3,6-8,18H2,1H3;1H. The zero-order valence-electron chi connectivity index (χ0n) is 14.1. The largest absolute Gasteiger partial charge is 0.327 e. The van der Waals surface area contributed by atoms with Crippen LogP contribution in [-0.4, -0.2) is 34.0 Å². The van der Waals surface area contributed by atoms with E-state index in [9.17, 15) is 13.2 Å². The molecule has 4 atom stereocenters. The molecule has 0 saturated heterocycles. The van der Waals surface area contributed by atoms with Crippen LogP contribution in [0.5, 0.6) is 0 Å². The number of carbonyl (C=O) groups is 1. The van der Waals surface area contributed by atoms with Crippen LogP contribution < -0.4 is 15.4 Å². The number of nitrogens with one attached hydrogen (secondary N) is 1. The Hall–Kier alpha value is -1.15. The summed E-state index contributed by atoms with van der Waals surface area (Å²) in [7, 11) is -2.13. The zero-order valence-corrected chi connectivity index (χ0v) is 15.8. The van der Waals surface area contributed by atoms with E-state index < -0.39 is 10.0 Å². The molecule has 1 aromatic carbocycles. The summed E-state index contributed by atoms with van der Waals surface area (Å²) >= 11 is 0. The van der Waals surface area contributed by atoms with E-state index in [1.54, 1.807) is 17.0 Å². The van der Waals surface area contributed by atoms with Crippen LogP contribution in [0.3, 0.4) is 0 Å². The number of amides is 1. The molecule has 1 heterocycles. The minimum atomic E-state index is -3.52. The van der Waals surface area contributed by atoms with Crippen LogP contribution in [0.25, 0.3) is 0 Å². The van der Waals surface area contributed by atoms with Gasteiger partial charge in [-0.2, -0.15) is 0 Å². The number of halogens is 1. The summed E-state index contributed by atoms with van der Waals surface area (Å²) in [5.74, 6) is 0.833. The van der Waals surface area contributed by atoms with Gasteiger partial charge in [0, 0.05) is 18.3 Å². The molecule has 0 radical (unpaired) electrons. The molecule has 1 amide bonds. The maximum atomic E-state index is 13.1. The molecule has 2 bridgehead atoms. The number of sulfonamides is 1. The first-order chi connectivity index (χ1) is 11.4. The predicted octanol–water partition coefficient (Wildman–Crippen LogP) is 1.28. The second kappa shape index (κ2) is 6.54. The summed E-state index contributed by atoms with van der Waals surface area (Å²) in [5.41, 5.74) is 8.07. The fourth-order valence-electron chi connectivity index (χ4n) is 4.76. The molecule has 6 nitrogen and oxygen atoms in total. The molecule has 4 rings (SSSR count). The maximum absolute atomic E-state index is 13.1. The van der Waals surface area contributed by atoms with Gasteiger partial charge in [0.25, 0.3) is 0 Å². The first-order valence-electron chi connectivity index (χ1n) is 8.56. The van der Waals surface area contributed by atoms with Crippen LogP contribution in [0.1, 0.15) is 24.8 Å².